The molecule has 0 aliphatic rings. The molecule has 25 heavy (non-hydrogen) atoms. The van der Waals surface area contributed by atoms with Crippen molar-refractivity contribution in [1.82, 2.24) is 14.6 Å². The topological polar surface area (TPSA) is 62.5 Å². The monoisotopic (exact) mass is 337 g/mol. The first kappa shape index (κ1) is 17.0. The zero-order valence-corrected chi connectivity index (χ0v) is 15.2. The van der Waals surface area contributed by atoms with Crippen LogP contribution in [0.15, 0.2) is 42.6 Å². The minimum atomic E-state index is -0.179. The van der Waals surface area contributed by atoms with Crippen LogP contribution in [0.3, 0.4) is 0 Å². The fourth-order valence-electron chi connectivity index (χ4n) is 2.59. The van der Waals surface area contributed by atoms with Crippen molar-refractivity contribution in [2.45, 2.75) is 26.2 Å². The largest absolute Gasteiger partial charge is 0.363 e. The Balaban J connectivity index is 1.87. The summed E-state index contributed by atoms with van der Waals surface area (Å²) in [5, 5.41) is 7.13. The van der Waals surface area contributed by atoms with Gasteiger partial charge in [0.25, 0.3) is 5.91 Å². The summed E-state index contributed by atoms with van der Waals surface area (Å²) >= 11 is 0. The molecule has 0 saturated carbocycles. The standard InChI is InChI=1S/C19H23N5O/c1-19(2,3)14-8-6-13(7-9-14)18(25)22-15-12-17(23(4)5)24-16(21-15)10-11-20-24/h6-12H,1-5H3,(H,21,22,25). The molecule has 0 radical (unpaired) electrons. The third-order valence-electron chi connectivity index (χ3n) is 4.05. The molecule has 6 nitrogen and oxygen atoms in total. The lowest BCUT2D eigenvalue weighted by Gasteiger charge is -2.19. The van der Waals surface area contributed by atoms with E-state index >= 15 is 0 Å². The van der Waals surface area contributed by atoms with E-state index in [1.54, 1.807) is 22.8 Å². The molecule has 0 fully saturated rings. The summed E-state index contributed by atoms with van der Waals surface area (Å²) in [6.45, 7) is 6.45. The van der Waals surface area contributed by atoms with Gasteiger partial charge < -0.3 is 10.2 Å². The van der Waals surface area contributed by atoms with Crippen molar-refractivity contribution in [2.24, 2.45) is 0 Å². The Hall–Kier alpha value is -2.89. The molecule has 0 unspecified atom stereocenters. The van der Waals surface area contributed by atoms with Crippen molar-refractivity contribution < 1.29 is 4.79 Å². The zero-order chi connectivity index (χ0) is 18.2. The van der Waals surface area contributed by atoms with E-state index in [1.165, 1.54) is 5.56 Å². The van der Waals surface area contributed by atoms with Gasteiger partial charge in [-0.1, -0.05) is 32.9 Å². The second kappa shape index (κ2) is 6.20. The Morgan fingerprint density at radius 3 is 2.40 bits per heavy atom. The van der Waals surface area contributed by atoms with E-state index in [2.05, 4.69) is 36.2 Å². The van der Waals surface area contributed by atoms with Crippen molar-refractivity contribution in [1.29, 1.82) is 0 Å². The van der Waals surface area contributed by atoms with Crippen LogP contribution < -0.4 is 10.2 Å². The molecular weight excluding hydrogens is 314 g/mol. The number of nitrogens with one attached hydrogen (secondary N) is 1. The van der Waals surface area contributed by atoms with Crippen LogP contribution in [0.5, 0.6) is 0 Å². The number of benzene rings is 1. The van der Waals surface area contributed by atoms with Crippen molar-refractivity contribution >= 4 is 23.2 Å². The van der Waals surface area contributed by atoms with Crippen molar-refractivity contribution in [3.05, 3.63) is 53.7 Å². The van der Waals surface area contributed by atoms with Crippen LogP contribution in [0.4, 0.5) is 11.6 Å². The number of anilines is 2. The number of carbonyl (C=O) groups is 1. The van der Waals surface area contributed by atoms with Gasteiger partial charge in [-0.3, -0.25) is 4.79 Å². The van der Waals surface area contributed by atoms with E-state index in [0.29, 0.717) is 17.0 Å². The normalized spacial score (nSPS) is 11.6. The van der Waals surface area contributed by atoms with Crippen LogP contribution in [0.2, 0.25) is 0 Å². The van der Waals surface area contributed by atoms with Crippen LogP contribution in [-0.2, 0) is 5.41 Å². The quantitative estimate of drug-likeness (QED) is 0.796. The molecule has 3 rings (SSSR count). The molecule has 3 aromatic rings. The molecule has 0 saturated heterocycles. The first-order valence-electron chi connectivity index (χ1n) is 8.20. The third kappa shape index (κ3) is 3.47. The number of nitrogens with zero attached hydrogens (tertiary/aromatic N) is 4. The minimum Gasteiger partial charge on any atom is -0.363 e. The second-order valence-electron chi connectivity index (χ2n) is 7.28. The predicted octanol–water partition coefficient (Wildman–Crippen LogP) is 3.35. The van der Waals surface area contributed by atoms with E-state index in [1.807, 2.05) is 43.3 Å². The maximum absolute atomic E-state index is 12.5. The molecule has 0 aliphatic carbocycles. The summed E-state index contributed by atoms with van der Waals surface area (Å²) in [6, 6.07) is 11.3. The van der Waals surface area contributed by atoms with Crippen LogP contribution in [0.25, 0.3) is 5.65 Å². The van der Waals surface area contributed by atoms with Gasteiger partial charge in [0.1, 0.15) is 11.6 Å². The summed E-state index contributed by atoms with van der Waals surface area (Å²) in [7, 11) is 3.85. The van der Waals surface area contributed by atoms with E-state index < -0.39 is 0 Å². The molecule has 0 atom stereocenters. The number of fused-ring (bicyclic) bond motifs is 1. The molecule has 2 heterocycles. The Kier molecular flexibility index (Phi) is 4.20. The molecule has 6 heteroatoms. The molecule has 1 aromatic carbocycles. The van der Waals surface area contributed by atoms with Gasteiger partial charge in [-0.25, -0.2) is 4.98 Å². The fourth-order valence-corrected chi connectivity index (χ4v) is 2.59. The predicted molar refractivity (Wildman–Crippen MR) is 100 cm³/mol. The highest BCUT2D eigenvalue weighted by Gasteiger charge is 2.15. The lowest BCUT2D eigenvalue weighted by Crippen LogP contribution is -2.18. The van der Waals surface area contributed by atoms with Gasteiger partial charge in [0, 0.05) is 31.8 Å². The van der Waals surface area contributed by atoms with Gasteiger partial charge in [0.05, 0.1) is 6.20 Å². The lowest BCUT2D eigenvalue weighted by atomic mass is 9.87. The average molecular weight is 337 g/mol. The van der Waals surface area contributed by atoms with E-state index in [9.17, 15) is 4.79 Å². The summed E-state index contributed by atoms with van der Waals surface area (Å²) in [4.78, 5) is 18.9. The fraction of sp³-hybridized carbons (Fsp3) is 0.316. The molecule has 0 spiro atoms. The summed E-state index contributed by atoms with van der Waals surface area (Å²) in [6.07, 6.45) is 1.69. The van der Waals surface area contributed by atoms with Crippen molar-refractivity contribution in [3.63, 3.8) is 0 Å². The SMILES string of the molecule is CN(C)c1cc(NC(=O)c2ccc(C(C)(C)C)cc2)nc2ccnn12. The average Bonchev–Trinajstić information content (AvgIpc) is 3.01. The smallest absolute Gasteiger partial charge is 0.256 e. The summed E-state index contributed by atoms with van der Waals surface area (Å²) in [5.74, 6) is 1.16. The molecule has 130 valence electrons. The Morgan fingerprint density at radius 1 is 1.12 bits per heavy atom. The minimum absolute atomic E-state index is 0.0597. The van der Waals surface area contributed by atoms with E-state index in [4.69, 9.17) is 0 Å². The molecule has 2 aromatic heterocycles. The maximum atomic E-state index is 12.5. The van der Waals surface area contributed by atoms with Gasteiger partial charge in [0.2, 0.25) is 0 Å². The Labute approximate surface area is 147 Å². The van der Waals surface area contributed by atoms with Crippen LogP contribution >= 0.6 is 0 Å². The maximum Gasteiger partial charge on any atom is 0.256 e. The van der Waals surface area contributed by atoms with Crippen molar-refractivity contribution in [3.8, 4) is 0 Å². The number of carbonyl (C=O) groups excluding carboxylic acids is 1. The van der Waals surface area contributed by atoms with Gasteiger partial charge in [0.15, 0.2) is 5.65 Å². The van der Waals surface area contributed by atoms with Gasteiger partial charge in [-0.05, 0) is 23.1 Å². The highest BCUT2D eigenvalue weighted by atomic mass is 16.1. The van der Waals surface area contributed by atoms with Crippen LogP contribution in [0, 0.1) is 0 Å². The first-order valence-corrected chi connectivity index (χ1v) is 8.20. The van der Waals surface area contributed by atoms with Gasteiger partial charge >= 0.3 is 0 Å². The summed E-state index contributed by atoms with van der Waals surface area (Å²) < 4.78 is 1.73. The molecular formula is C19H23N5O. The first-order chi connectivity index (χ1) is 11.8. The number of hydrogen-bond acceptors (Lipinski definition) is 4. The van der Waals surface area contributed by atoms with E-state index in [-0.39, 0.29) is 11.3 Å². The highest BCUT2D eigenvalue weighted by molar-refractivity contribution is 6.04. The summed E-state index contributed by atoms with van der Waals surface area (Å²) in [5.41, 5.74) is 2.54. The highest BCUT2D eigenvalue weighted by Crippen LogP contribution is 2.23. The Bertz CT molecular complexity index is 904. The van der Waals surface area contributed by atoms with Gasteiger partial charge in [-0.2, -0.15) is 9.61 Å². The molecule has 1 N–H and O–H groups in total. The number of rotatable bonds is 3. The van der Waals surface area contributed by atoms with Crippen LogP contribution in [-0.4, -0.2) is 34.6 Å². The third-order valence-corrected chi connectivity index (χ3v) is 4.05. The van der Waals surface area contributed by atoms with E-state index in [0.717, 1.165) is 5.82 Å². The van der Waals surface area contributed by atoms with Crippen LogP contribution in [0.1, 0.15) is 36.7 Å². The van der Waals surface area contributed by atoms with Gasteiger partial charge in [-0.15, -0.1) is 0 Å². The van der Waals surface area contributed by atoms with Crippen molar-refractivity contribution in [2.75, 3.05) is 24.3 Å². The number of amides is 1. The lowest BCUT2D eigenvalue weighted by molar-refractivity contribution is 0.102. The Morgan fingerprint density at radius 2 is 1.80 bits per heavy atom. The molecule has 0 bridgehead atoms. The second-order valence-corrected chi connectivity index (χ2v) is 7.28. The number of hydrogen-bond donors (Lipinski definition) is 1. The molecule has 1 amide bonds. The zero-order valence-electron chi connectivity index (χ0n) is 15.2. The molecule has 0 aliphatic heterocycles. The number of aromatic nitrogens is 3.